The predicted octanol–water partition coefficient (Wildman–Crippen LogP) is 6.07. The van der Waals surface area contributed by atoms with E-state index in [0.717, 1.165) is 6.54 Å². The van der Waals surface area contributed by atoms with E-state index in [2.05, 4.69) is 102 Å². The van der Waals surface area contributed by atoms with Gasteiger partial charge in [-0.15, -0.1) is 0 Å². The van der Waals surface area contributed by atoms with Crippen LogP contribution in [0.1, 0.15) is 5.56 Å². The van der Waals surface area contributed by atoms with Gasteiger partial charge in [0.05, 0.1) is 0 Å². The minimum absolute atomic E-state index is 0.871. The summed E-state index contributed by atoms with van der Waals surface area (Å²) < 4.78 is 2.35. The molecule has 1 heteroatoms. The Hall–Kier alpha value is -3.45. The predicted molar refractivity (Wildman–Crippen MR) is 113 cm³/mol. The normalized spacial score (nSPS) is 11.9. The molecule has 1 nitrogen and oxygen atoms in total. The number of hydrogen-bond acceptors (Lipinski definition) is 0. The topological polar surface area (TPSA) is 3.88 Å². The first-order valence-electron chi connectivity index (χ1n) is 9.41. The van der Waals surface area contributed by atoms with Crippen LogP contribution in [0.4, 0.5) is 0 Å². The number of nitrogens with zero attached hydrogens (tertiary/aromatic N) is 1. The van der Waals surface area contributed by atoms with Gasteiger partial charge in [-0.05, 0) is 44.5 Å². The molecule has 0 saturated carbocycles. The fraction of sp³-hybridized carbons (Fsp3) is 0.0385. The second-order valence-electron chi connectivity index (χ2n) is 7.28. The molecule has 0 aliphatic rings. The summed E-state index contributed by atoms with van der Waals surface area (Å²) >= 11 is 0. The molecule has 6 rings (SSSR count). The summed E-state index contributed by atoms with van der Waals surface area (Å²) in [6.07, 6.45) is 2.18. The Balaban J connectivity index is 1.64. The lowest BCUT2D eigenvalue weighted by molar-refractivity contribution is -0.662. The van der Waals surface area contributed by atoms with E-state index in [1.807, 2.05) is 0 Å². The van der Waals surface area contributed by atoms with E-state index in [0.29, 0.717) is 0 Å². The van der Waals surface area contributed by atoms with Gasteiger partial charge in [-0.2, -0.15) is 4.57 Å². The Bertz CT molecular complexity index is 1420. The van der Waals surface area contributed by atoms with Crippen LogP contribution in [0.5, 0.6) is 0 Å². The van der Waals surface area contributed by atoms with E-state index in [1.54, 1.807) is 0 Å². The molecule has 126 valence electrons. The Labute approximate surface area is 157 Å². The van der Waals surface area contributed by atoms with Crippen LogP contribution in [0.25, 0.3) is 43.2 Å². The molecule has 0 aliphatic carbocycles. The Kier molecular flexibility index (Phi) is 3.00. The lowest BCUT2D eigenvalue weighted by Gasteiger charge is -2.13. The minimum atomic E-state index is 0.871. The van der Waals surface area contributed by atoms with E-state index in [4.69, 9.17) is 0 Å². The average molecular weight is 344 g/mol. The maximum atomic E-state index is 2.35. The molecular formula is C26H18N+. The van der Waals surface area contributed by atoms with Crippen LogP contribution in [-0.2, 0) is 6.54 Å². The molecule has 1 heterocycles. The molecule has 0 amide bonds. The first-order chi connectivity index (χ1) is 13.4. The van der Waals surface area contributed by atoms with Crippen LogP contribution >= 0.6 is 0 Å². The highest BCUT2D eigenvalue weighted by molar-refractivity contribution is 6.23. The van der Waals surface area contributed by atoms with E-state index < -0.39 is 0 Å². The van der Waals surface area contributed by atoms with Gasteiger partial charge < -0.3 is 0 Å². The summed E-state index contributed by atoms with van der Waals surface area (Å²) in [7, 11) is 0. The van der Waals surface area contributed by atoms with Gasteiger partial charge in [0.1, 0.15) is 0 Å². The van der Waals surface area contributed by atoms with Gasteiger partial charge >= 0.3 is 0 Å². The molecule has 0 N–H and O–H groups in total. The molecule has 0 aliphatic heterocycles. The van der Waals surface area contributed by atoms with Gasteiger partial charge in [0.2, 0.25) is 5.52 Å². The molecule has 0 fully saturated rings. The number of rotatable bonds is 2. The summed E-state index contributed by atoms with van der Waals surface area (Å²) in [6, 6.07) is 33.1. The fourth-order valence-electron chi connectivity index (χ4n) is 4.48. The second-order valence-corrected chi connectivity index (χ2v) is 7.28. The van der Waals surface area contributed by atoms with Gasteiger partial charge in [0, 0.05) is 23.1 Å². The van der Waals surface area contributed by atoms with E-state index in [9.17, 15) is 0 Å². The van der Waals surface area contributed by atoms with Crippen molar-refractivity contribution in [1.29, 1.82) is 0 Å². The Morgan fingerprint density at radius 2 is 1.19 bits per heavy atom. The highest BCUT2D eigenvalue weighted by atomic mass is 14.9. The summed E-state index contributed by atoms with van der Waals surface area (Å²) in [4.78, 5) is 0. The third-order valence-corrected chi connectivity index (χ3v) is 5.75. The summed E-state index contributed by atoms with van der Waals surface area (Å²) in [5.74, 6) is 0. The maximum Gasteiger partial charge on any atom is 0.212 e. The number of hydrogen-bond donors (Lipinski definition) is 0. The number of benzene rings is 5. The van der Waals surface area contributed by atoms with Crippen LogP contribution < -0.4 is 4.57 Å². The van der Waals surface area contributed by atoms with Crippen LogP contribution in [-0.4, -0.2) is 0 Å². The number of aromatic nitrogens is 1. The standard InChI is InChI=1S/C26H18N/c1-2-9-24-18(5-1)8-4-16-27(24)17-22-13-12-21-11-10-19-6-3-7-20-14-15-23(22)26(21)25(19)20/h1-16H,17H2/q+1. The van der Waals surface area contributed by atoms with Crippen LogP contribution in [0.2, 0.25) is 0 Å². The Morgan fingerprint density at radius 1 is 0.519 bits per heavy atom. The molecule has 0 radical (unpaired) electrons. The Morgan fingerprint density at radius 3 is 2.07 bits per heavy atom. The van der Waals surface area contributed by atoms with Crippen LogP contribution in [0, 0.1) is 0 Å². The van der Waals surface area contributed by atoms with Crippen molar-refractivity contribution < 1.29 is 4.57 Å². The summed E-state index contributed by atoms with van der Waals surface area (Å²) in [5, 5.41) is 9.37. The molecular weight excluding hydrogens is 326 g/mol. The molecule has 0 saturated heterocycles. The van der Waals surface area contributed by atoms with E-state index in [-0.39, 0.29) is 0 Å². The van der Waals surface area contributed by atoms with Gasteiger partial charge in [-0.25, -0.2) is 0 Å². The van der Waals surface area contributed by atoms with Gasteiger partial charge in [-0.3, -0.25) is 0 Å². The molecule has 0 unspecified atom stereocenters. The van der Waals surface area contributed by atoms with E-state index in [1.165, 1.54) is 48.8 Å². The van der Waals surface area contributed by atoms with Crippen molar-refractivity contribution in [3.8, 4) is 0 Å². The SMILES string of the molecule is c1cc2ccc3ccc(C[n+]4cccc5ccccc54)c4ccc(c1)c2c34. The van der Waals surface area contributed by atoms with Crippen molar-refractivity contribution >= 4 is 43.2 Å². The number of pyridine rings is 1. The fourth-order valence-corrected chi connectivity index (χ4v) is 4.48. The molecule has 5 aromatic carbocycles. The van der Waals surface area contributed by atoms with Gasteiger partial charge in [-0.1, -0.05) is 66.7 Å². The molecule has 0 atom stereocenters. The van der Waals surface area contributed by atoms with Crippen molar-refractivity contribution in [3.63, 3.8) is 0 Å². The quantitative estimate of drug-likeness (QED) is 0.265. The first kappa shape index (κ1) is 14.7. The zero-order chi connectivity index (χ0) is 17.8. The highest BCUT2D eigenvalue weighted by Crippen LogP contribution is 2.35. The largest absolute Gasteiger partial charge is 0.212 e. The molecule has 27 heavy (non-hydrogen) atoms. The molecule has 0 bridgehead atoms. The van der Waals surface area contributed by atoms with Crippen LogP contribution in [0.3, 0.4) is 0 Å². The lowest BCUT2D eigenvalue weighted by atomic mass is 9.92. The van der Waals surface area contributed by atoms with E-state index >= 15 is 0 Å². The molecule has 6 aromatic rings. The third kappa shape index (κ3) is 2.15. The van der Waals surface area contributed by atoms with Gasteiger partial charge in [0.25, 0.3) is 0 Å². The first-order valence-corrected chi connectivity index (χ1v) is 9.41. The monoisotopic (exact) mass is 344 g/mol. The minimum Gasteiger partial charge on any atom is -0.194 e. The zero-order valence-electron chi connectivity index (χ0n) is 14.9. The maximum absolute atomic E-state index is 2.35. The van der Waals surface area contributed by atoms with Crippen molar-refractivity contribution in [2.75, 3.05) is 0 Å². The third-order valence-electron chi connectivity index (χ3n) is 5.75. The highest BCUT2D eigenvalue weighted by Gasteiger charge is 2.14. The zero-order valence-corrected chi connectivity index (χ0v) is 14.9. The number of fused-ring (bicyclic) bond motifs is 1. The smallest absolute Gasteiger partial charge is 0.194 e. The lowest BCUT2D eigenvalue weighted by Crippen LogP contribution is -2.34. The molecule has 0 spiro atoms. The number of para-hydroxylation sites is 1. The van der Waals surface area contributed by atoms with Crippen molar-refractivity contribution in [1.82, 2.24) is 0 Å². The summed E-state index contributed by atoms with van der Waals surface area (Å²) in [6.45, 7) is 0.871. The second kappa shape index (κ2) is 5.52. The van der Waals surface area contributed by atoms with Crippen LogP contribution in [0.15, 0.2) is 97.2 Å². The summed E-state index contributed by atoms with van der Waals surface area (Å²) in [5.41, 5.74) is 2.63. The van der Waals surface area contributed by atoms with Crippen molar-refractivity contribution in [3.05, 3.63) is 103 Å². The van der Waals surface area contributed by atoms with Crippen molar-refractivity contribution in [2.45, 2.75) is 6.54 Å². The van der Waals surface area contributed by atoms with Crippen molar-refractivity contribution in [2.24, 2.45) is 0 Å². The molecule has 1 aromatic heterocycles. The average Bonchev–Trinajstić information content (AvgIpc) is 2.73. The van der Waals surface area contributed by atoms with Gasteiger partial charge in [0.15, 0.2) is 12.7 Å².